The lowest BCUT2D eigenvalue weighted by atomic mass is 10.2. The number of carbonyl (C=O) groups is 2. The van der Waals surface area contributed by atoms with E-state index in [1.807, 2.05) is 6.92 Å². The summed E-state index contributed by atoms with van der Waals surface area (Å²) in [5.74, 6) is 0.440. The molecule has 1 amide bonds. The number of esters is 1. The van der Waals surface area contributed by atoms with Gasteiger partial charge in [-0.3, -0.25) is 4.79 Å². The Morgan fingerprint density at radius 1 is 1.00 bits per heavy atom. The van der Waals surface area contributed by atoms with E-state index < -0.39 is 12.1 Å². The Hall–Kier alpha value is -3.02. The highest BCUT2D eigenvalue weighted by Gasteiger charge is 2.16. The largest absolute Gasteiger partial charge is 0.494 e. The Bertz CT molecular complexity index is 742. The summed E-state index contributed by atoms with van der Waals surface area (Å²) >= 11 is 0. The Morgan fingerprint density at radius 3 is 2.38 bits per heavy atom. The highest BCUT2D eigenvalue weighted by atomic mass is 16.5. The number of amides is 1. The van der Waals surface area contributed by atoms with Crippen LogP contribution in [-0.2, 0) is 9.53 Å². The number of hydrogen-bond donors (Lipinski definition) is 1. The van der Waals surface area contributed by atoms with E-state index in [0.29, 0.717) is 30.2 Å². The lowest BCUT2D eigenvalue weighted by molar-refractivity contribution is -0.122. The highest BCUT2D eigenvalue weighted by molar-refractivity contribution is 5.94. The molecule has 0 aliphatic rings. The van der Waals surface area contributed by atoms with Crippen LogP contribution in [0.3, 0.4) is 0 Å². The first-order valence-corrected chi connectivity index (χ1v) is 8.51. The molecule has 1 unspecified atom stereocenters. The van der Waals surface area contributed by atoms with Crippen LogP contribution in [0.5, 0.6) is 11.5 Å². The molecule has 2 aromatic rings. The van der Waals surface area contributed by atoms with Gasteiger partial charge in [-0.2, -0.15) is 0 Å². The molecule has 2 rings (SSSR count). The van der Waals surface area contributed by atoms with Gasteiger partial charge in [0.15, 0.2) is 6.10 Å². The van der Waals surface area contributed by atoms with Gasteiger partial charge in [0.05, 0.1) is 18.8 Å². The summed E-state index contributed by atoms with van der Waals surface area (Å²) in [6.45, 7) is 6.17. The zero-order valence-corrected chi connectivity index (χ0v) is 15.2. The van der Waals surface area contributed by atoms with Crippen molar-refractivity contribution in [1.29, 1.82) is 0 Å². The van der Waals surface area contributed by atoms with E-state index in [-0.39, 0.29) is 5.91 Å². The van der Waals surface area contributed by atoms with Crippen LogP contribution >= 0.6 is 0 Å². The number of nitrogens with one attached hydrogen (secondary N) is 1. The molecule has 0 saturated carbocycles. The molecule has 0 bridgehead atoms. The van der Waals surface area contributed by atoms with E-state index in [9.17, 15) is 9.59 Å². The Balaban J connectivity index is 1.96. The number of anilines is 1. The number of carbonyl (C=O) groups excluding carboxylic acids is 2. The minimum absolute atomic E-state index is 0.296. The van der Waals surface area contributed by atoms with Crippen molar-refractivity contribution in [2.45, 2.75) is 26.9 Å². The third kappa shape index (κ3) is 5.51. The average Bonchev–Trinajstić information content (AvgIpc) is 2.64. The molecule has 26 heavy (non-hydrogen) atoms. The number of benzene rings is 2. The minimum Gasteiger partial charge on any atom is -0.494 e. The van der Waals surface area contributed by atoms with Gasteiger partial charge in [-0.15, -0.1) is 0 Å². The molecular formula is C20H23NO5. The maximum absolute atomic E-state index is 12.3. The molecule has 138 valence electrons. The molecule has 2 aromatic carbocycles. The predicted octanol–water partition coefficient (Wildman–Crippen LogP) is 3.67. The summed E-state index contributed by atoms with van der Waals surface area (Å²) in [7, 11) is 0. The number of hydrogen-bond acceptors (Lipinski definition) is 5. The Kier molecular flexibility index (Phi) is 7.02. The van der Waals surface area contributed by atoms with Gasteiger partial charge in [-0.25, -0.2) is 4.79 Å². The second kappa shape index (κ2) is 9.46. The monoisotopic (exact) mass is 357 g/mol. The molecule has 1 N–H and O–H groups in total. The van der Waals surface area contributed by atoms with Gasteiger partial charge >= 0.3 is 5.97 Å². The fraction of sp³-hybridized carbons (Fsp3) is 0.300. The molecule has 6 nitrogen and oxygen atoms in total. The zero-order valence-electron chi connectivity index (χ0n) is 15.2. The second-order valence-corrected chi connectivity index (χ2v) is 5.46. The second-order valence-electron chi connectivity index (χ2n) is 5.46. The first-order chi connectivity index (χ1) is 12.5. The van der Waals surface area contributed by atoms with E-state index in [0.717, 1.165) is 5.75 Å². The van der Waals surface area contributed by atoms with E-state index in [4.69, 9.17) is 14.2 Å². The van der Waals surface area contributed by atoms with Gasteiger partial charge in [-0.05, 0) is 63.2 Å². The van der Waals surface area contributed by atoms with Crippen molar-refractivity contribution in [2.24, 2.45) is 0 Å². The molecule has 0 heterocycles. The third-order valence-corrected chi connectivity index (χ3v) is 3.46. The van der Waals surface area contributed by atoms with E-state index in [1.165, 1.54) is 0 Å². The first kappa shape index (κ1) is 19.3. The van der Waals surface area contributed by atoms with E-state index in [1.54, 1.807) is 62.4 Å². The van der Waals surface area contributed by atoms with Crippen molar-refractivity contribution >= 4 is 17.6 Å². The predicted molar refractivity (Wildman–Crippen MR) is 98.7 cm³/mol. The van der Waals surface area contributed by atoms with Crippen molar-refractivity contribution in [3.8, 4) is 11.5 Å². The summed E-state index contributed by atoms with van der Waals surface area (Å²) in [4.78, 5) is 24.1. The summed E-state index contributed by atoms with van der Waals surface area (Å²) in [6.07, 6.45) is -0.737. The summed E-state index contributed by atoms with van der Waals surface area (Å²) < 4.78 is 16.0. The maximum Gasteiger partial charge on any atom is 0.338 e. The fourth-order valence-electron chi connectivity index (χ4n) is 2.21. The molecule has 0 spiro atoms. The lowest BCUT2D eigenvalue weighted by Gasteiger charge is -2.15. The van der Waals surface area contributed by atoms with Crippen LogP contribution in [0.25, 0.3) is 0 Å². The van der Waals surface area contributed by atoms with Crippen LogP contribution in [0.1, 0.15) is 31.1 Å². The minimum atomic E-state index is -0.737. The fourth-order valence-corrected chi connectivity index (χ4v) is 2.21. The van der Waals surface area contributed by atoms with Gasteiger partial charge in [-0.1, -0.05) is 6.07 Å². The molecule has 6 heteroatoms. The third-order valence-electron chi connectivity index (χ3n) is 3.46. The molecule has 0 radical (unpaired) electrons. The van der Waals surface area contributed by atoms with Crippen LogP contribution < -0.4 is 14.8 Å². The van der Waals surface area contributed by atoms with Crippen LogP contribution in [0.15, 0.2) is 48.5 Å². The van der Waals surface area contributed by atoms with Crippen molar-refractivity contribution in [3.63, 3.8) is 0 Å². The van der Waals surface area contributed by atoms with Gasteiger partial charge < -0.3 is 19.5 Å². The van der Waals surface area contributed by atoms with E-state index >= 15 is 0 Å². The SMILES string of the molecule is CCOC(=O)c1cccc(OC(C)C(=O)Nc2ccc(OCC)cc2)c1. The van der Waals surface area contributed by atoms with Crippen LogP contribution in [0.2, 0.25) is 0 Å². The Morgan fingerprint density at radius 2 is 1.73 bits per heavy atom. The topological polar surface area (TPSA) is 73.9 Å². The van der Waals surface area contributed by atoms with Gasteiger partial charge in [0.2, 0.25) is 0 Å². The normalized spacial score (nSPS) is 11.3. The molecule has 0 aromatic heterocycles. The Labute approximate surface area is 153 Å². The van der Waals surface area contributed by atoms with Crippen molar-refractivity contribution < 1.29 is 23.8 Å². The zero-order chi connectivity index (χ0) is 18.9. The molecule has 1 atom stereocenters. The maximum atomic E-state index is 12.3. The standard InChI is InChI=1S/C20H23NO5/c1-4-24-17-11-9-16(10-12-17)21-19(22)14(3)26-18-8-6-7-15(13-18)20(23)25-5-2/h6-14H,4-5H2,1-3H3,(H,21,22). The van der Waals surface area contributed by atoms with Crippen molar-refractivity contribution in [1.82, 2.24) is 0 Å². The molecule has 0 saturated heterocycles. The molecular weight excluding hydrogens is 334 g/mol. The van der Waals surface area contributed by atoms with E-state index in [2.05, 4.69) is 5.32 Å². The summed E-state index contributed by atoms with van der Waals surface area (Å²) in [6, 6.07) is 13.6. The number of ether oxygens (including phenoxy) is 3. The molecule has 0 aliphatic carbocycles. The smallest absolute Gasteiger partial charge is 0.338 e. The van der Waals surface area contributed by atoms with Crippen LogP contribution in [0, 0.1) is 0 Å². The lowest BCUT2D eigenvalue weighted by Crippen LogP contribution is -2.30. The van der Waals surface area contributed by atoms with Gasteiger partial charge in [0.1, 0.15) is 11.5 Å². The van der Waals surface area contributed by atoms with Crippen molar-refractivity contribution in [3.05, 3.63) is 54.1 Å². The van der Waals surface area contributed by atoms with Crippen LogP contribution in [-0.4, -0.2) is 31.2 Å². The van der Waals surface area contributed by atoms with Gasteiger partial charge in [0, 0.05) is 5.69 Å². The summed E-state index contributed by atoms with van der Waals surface area (Å²) in [5.41, 5.74) is 1.03. The van der Waals surface area contributed by atoms with Gasteiger partial charge in [0.25, 0.3) is 5.91 Å². The first-order valence-electron chi connectivity index (χ1n) is 8.51. The van der Waals surface area contributed by atoms with Crippen LogP contribution in [0.4, 0.5) is 5.69 Å². The average molecular weight is 357 g/mol. The number of rotatable bonds is 8. The molecule has 0 fully saturated rings. The summed E-state index contributed by atoms with van der Waals surface area (Å²) in [5, 5.41) is 2.78. The molecule has 0 aliphatic heterocycles. The quantitative estimate of drug-likeness (QED) is 0.730. The van der Waals surface area contributed by atoms with Crippen molar-refractivity contribution in [2.75, 3.05) is 18.5 Å². The highest BCUT2D eigenvalue weighted by Crippen LogP contribution is 2.18.